The molecule has 3 amide bonds. The van der Waals surface area contributed by atoms with E-state index >= 15 is 0 Å². The van der Waals surface area contributed by atoms with Gasteiger partial charge in [0.1, 0.15) is 5.54 Å². The molecule has 0 aromatic heterocycles. The number of carbonyl (C=O) groups excluding carboxylic acids is 3. The molecule has 0 unspecified atom stereocenters. The van der Waals surface area contributed by atoms with E-state index in [-0.39, 0.29) is 29.2 Å². The maximum atomic E-state index is 13.8. The number of nitro groups is 1. The Hall–Kier alpha value is -3.30. The topological polar surface area (TPSA) is 113 Å². The van der Waals surface area contributed by atoms with E-state index in [9.17, 15) is 24.5 Å². The van der Waals surface area contributed by atoms with E-state index in [1.54, 1.807) is 18.2 Å². The van der Waals surface area contributed by atoms with Crippen molar-refractivity contribution in [3.05, 3.63) is 63.2 Å². The highest BCUT2D eigenvalue weighted by atomic mass is 35.5. The third kappa shape index (κ3) is 2.14. The fourth-order valence-corrected chi connectivity index (χ4v) is 6.39. The number of nitro benzene ring substituents is 1. The van der Waals surface area contributed by atoms with Crippen LogP contribution in [0.25, 0.3) is 0 Å². The summed E-state index contributed by atoms with van der Waals surface area (Å²) in [6, 6.07) is 10.3. The summed E-state index contributed by atoms with van der Waals surface area (Å²) in [6.07, 6.45) is 1.52. The van der Waals surface area contributed by atoms with Gasteiger partial charge in [0, 0.05) is 23.7 Å². The predicted octanol–water partition coefficient (Wildman–Crippen LogP) is 2.68. The summed E-state index contributed by atoms with van der Waals surface area (Å²) in [6.45, 7) is 0.606. The van der Waals surface area contributed by atoms with Crippen molar-refractivity contribution in [3.8, 4) is 0 Å². The quantitative estimate of drug-likeness (QED) is 0.426. The van der Waals surface area contributed by atoms with E-state index in [0.29, 0.717) is 29.2 Å². The van der Waals surface area contributed by atoms with E-state index in [4.69, 9.17) is 11.6 Å². The van der Waals surface area contributed by atoms with E-state index in [1.165, 1.54) is 24.3 Å². The van der Waals surface area contributed by atoms with Crippen LogP contribution >= 0.6 is 11.6 Å². The lowest BCUT2D eigenvalue weighted by Crippen LogP contribution is -2.54. The third-order valence-corrected chi connectivity index (χ3v) is 7.61. The highest BCUT2D eigenvalue weighted by Crippen LogP contribution is 2.61. The first-order valence-electron chi connectivity index (χ1n) is 10.4. The fourth-order valence-electron chi connectivity index (χ4n) is 6.17. The van der Waals surface area contributed by atoms with Crippen molar-refractivity contribution < 1.29 is 19.3 Å². The summed E-state index contributed by atoms with van der Waals surface area (Å²) in [5, 5.41) is 14.2. The Kier molecular flexibility index (Phi) is 3.86. The highest BCUT2D eigenvalue weighted by Gasteiger charge is 2.74. The molecule has 162 valence electrons. The van der Waals surface area contributed by atoms with Crippen LogP contribution in [0.1, 0.15) is 18.4 Å². The van der Waals surface area contributed by atoms with Crippen molar-refractivity contribution in [1.29, 1.82) is 0 Å². The zero-order chi connectivity index (χ0) is 22.4. The minimum absolute atomic E-state index is 0.134. The van der Waals surface area contributed by atoms with E-state index < -0.39 is 28.2 Å². The number of para-hydroxylation sites is 1. The van der Waals surface area contributed by atoms with Crippen LogP contribution in [0.4, 0.5) is 17.1 Å². The van der Waals surface area contributed by atoms with Crippen molar-refractivity contribution in [2.75, 3.05) is 16.8 Å². The minimum atomic E-state index is -1.30. The van der Waals surface area contributed by atoms with Gasteiger partial charge in [-0.2, -0.15) is 0 Å². The number of fused-ring (bicyclic) bond motifs is 7. The molecule has 2 aromatic rings. The van der Waals surface area contributed by atoms with E-state index in [2.05, 4.69) is 5.32 Å². The molecule has 3 saturated heterocycles. The number of halogens is 1. The summed E-state index contributed by atoms with van der Waals surface area (Å²) in [4.78, 5) is 54.5. The molecule has 3 fully saturated rings. The standard InChI is InChI=1S/C22H17ClN4O5/c23-14-4-1-3-13-18(14)24-21(30)22(13)17-16(15-5-2-10-25(15)22)19(28)26(20(17)29)11-6-8-12(9-7-11)27(31)32/h1,3-4,6-9,15-17H,2,5,10H2,(H,24,30)/t15-,16-,17+,22+/m1/s1. The summed E-state index contributed by atoms with van der Waals surface area (Å²) >= 11 is 6.36. The van der Waals surface area contributed by atoms with Crippen LogP contribution < -0.4 is 10.2 Å². The molecule has 4 aliphatic heterocycles. The number of imide groups is 1. The summed E-state index contributed by atoms with van der Waals surface area (Å²) in [5.41, 5.74) is -0.0517. The number of amides is 3. The lowest BCUT2D eigenvalue weighted by atomic mass is 9.75. The van der Waals surface area contributed by atoms with Gasteiger partial charge in [0.15, 0.2) is 0 Å². The van der Waals surface area contributed by atoms with Crippen molar-refractivity contribution in [2.45, 2.75) is 24.4 Å². The molecule has 10 heteroatoms. The van der Waals surface area contributed by atoms with Gasteiger partial charge in [-0.25, -0.2) is 4.90 Å². The number of anilines is 2. The van der Waals surface area contributed by atoms with Gasteiger partial charge in [0.2, 0.25) is 11.8 Å². The third-order valence-electron chi connectivity index (χ3n) is 7.30. The van der Waals surface area contributed by atoms with Crippen molar-refractivity contribution in [2.24, 2.45) is 11.8 Å². The number of non-ortho nitro benzene ring substituents is 1. The summed E-state index contributed by atoms with van der Waals surface area (Å²) in [5.74, 6) is -2.74. The number of hydrogen-bond acceptors (Lipinski definition) is 6. The average molecular weight is 453 g/mol. The Morgan fingerprint density at radius 2 is 1.84 bits per heavy atom. The van der Waals surface area contributed by atoms with Crippen molar-refractivity contribution >= 4 is 46.4 Å². The second-order valence-corrected chi connectivity index (χ2v) is 8.98. The van der Waals surface area contributed by atoms with Crippen LogP contribution in [0, 0.1) is 22.0 Å². The molecule has 4 atom stereocenters. The second kappa shape index (κ2) is 6.36. The van der Waals surface area contributed by atoms with Crippen molar-refractivity contribution in [1.82, 2.24) is 4.90 Å². The molecular weight excluding hydrogens is 436 g/mol. The number of benzene rings is 2. The van der Waals surface area contributed by atoms with Gasteiger partial charge in [-0.05, 0) is 37.6 Å². The molecule has 1 spiro atoms. The normalized spacial score (nSPS) is 30.6. The fraction of sp³-hybridized carbons (Fsp3) is 0.318. The van der Waals surface area contributed by atoms with Gasteiger partial charge in [0.05, 0.1) is 33.2 Å². The highest BCUT2D eigenvalue weighted by molar-refractivity contribution is 6.35. The minimum Gasteiger partial charge on any atom is -0.323 e. The maximum absolute atomic E-state index is 13.8. The first-order chi connectivity index (χ1) is 15.4. The van der Waals surface area contributed by atoms with Crippen LogP contribution in [-0.2, 0) is 19.9 Å². The number of nitrogens with one attached hydrogen (secondary N) is 1. The average Bonchev–Trinajstić information content (AvgIpc) is 3.47. The number of hydrogen-bond donors (Lipinski definition) is 1. The summed E-state index contributed by atoms with van der Waals surface area (Å²) < 4.78 is 0. The Bertz CT molecular complexity index is 1230. The molecule has 0 aliphatic carbocycles. The van der Waals surface area contributed by atoms with Gasteiger partial charge >= 0.3 is 0 Å². The van der Waals surface area contributed by atoms with Crippen molar-refractivity contribution in [3.63, 3.8) is 0 Å². The number of carbonyl (C=O) groups is 3. The van der Waals surface area contributed by atoms with Crippen LogP contribution in [0.2, 0.25) is 5.02 Å². The first kappa shape index (κ1) is 19.4. The number of rotatable bonds is 2. The Morgan fingerprint density at radius 3 is 2.56 bits per heavy atom. The van der Waals surface area contributed by atoms with Crippen LogP contribution in [0.15, 0.2) is 42.5 Å². The lowest BCUT2D eigenvalue weighted by molar-refractivity contribution is -0.384. The zero-order valence-corrected chi connectivity index (χ0v) is 17.4. The van der Waals surface area contributed by atoms with Crippen LogP contribution in [0.5, 0.6) is 0 Å². The van der Waals surface area contributed by atoms with Crippen LogP contribution in [-0.4, -0.2) is 40.1 Å². The van der Waals surface area contributed by atoms with Gasteiger partial charge < -0.3 is 5.32 Å². The Morgan fingerprint density at radius 1 is 1.09 bits per heavy atom. The number of nitrogens with zero attached hydrogens (tertiary/aromatic N) is 3. The van der Waals surface area contributed by atoms with Gasteiger partial charge in [-0.3, -0.25) is 29.4 Å². The molecular formula is C22H17ClN4O5. The smallest absolute Gasteiger partial charge is 0.269 e. The van der Waals surface area contributed by atoms with E-state index in [0.717, 1.165) is 11.3 Å². The molecule has 0 bridgehead atoms. The lowest BCUT2D eigenvalue weighted by Gasteiger charge is -2.36. The maximum Gasteiger partial charge on any atom is 0.269 e. The SMILES string of the molecule is O=C1[C@@H]2[C@H]3CCCN3[C@]3(C(=O)Nc4c(Cl)cccc43)[C@@H]2C(=O)N1c1ccc([N+](=O)[O-])cc1. The molecule has 0 radical (unpaired) electrons. The first-order valence-corrected chi connectivity index (χ1v) is 10.7. The van der Waals surface area contributed by atoms with Gasteiger partial charge in [0.25, 0.3) is 11.6 Å². The molecule has 1 N–H and O–H groups in total. The molecule has 2 aromatic carbocycles. The monoisotopic (exact) mass is 452 g/mol. The predicted molar refractivity (Wildman–Crippen MR) is 114 cm³/mol. The molecule has 4 aliphatic rings. The van der Waals surface area contributed by atoms with Gasteiger partial charge in [-0.1, -0.05) is 23.7 Å². The van der Waals surface area contributed by atoms with Crippen LogP contribution in [0.3, 0.4) is 0 Å². The van der Waals surface area contributed by atoms with E-state index in [1.807, 2.05) is 4.90 Å². The molecule has 4 heterocycles. The molecule has 0 saturated carbocycles. The molecule has 6 rings (SSSR count). The molecule has 9 nitrogen and oxygen atoms in total. The largest absolute Gasteiger partial charge is 0.323 e. The second-order valence-electron chi connectivity index (χ2n) is 8.57. The molecule has 32 heavy (non-hydrogen) atoms. The van der Waals surface area contributed by atoms with Gasteiger partial charge in [-0.15, -0.1) is 0 Å². The Labute approximate surface area is 187 Å². The zero-order valence-electron chi connectivity index (χ0n) is 16.7. The Balaban J connectivity index is 1.52. The summed E-state index contributed by atoms with van der Waals surface area (Å²) in [7, 11) is 0.